The highest BCUT2D eigenvalue weighted by molar-refractivity contribution is 6.03. The van der Waals surface area contributed by atoms with Gasteiger partial charge in [-0.1, -0.05) is 24.3 Å². The molecule has 1 aromatic carbocycles. The second kappa shape index (κ2) is 8.77. The molecule has 0 saturated heterocycles. The molecule has 156 valence electrons. The first kappa shape index (κ1) is 21.0. The van der Waals surface area contributed by atoms with E-state index in [1.54, 1.807) is 37.4 Å². The number of nitrogens with two attached hydrogens (primary N) is 1. The molecule has 3 rings (SSSR count). The number of ether oxygens (including phenoxy) is 1. The second-order valence-corrected chi connectivity index (χ2v) is 7.17. The second-order valence-electron chi connectivity index (χ2n) is 7.17. The number of carbonyl (C=O) groups excluding carboxylic acids is 2. The van der Waals surface area contributed by atoms with Gasteiger partial charge in [0.2, 0.25) is 5.91 Å². The zero-order chi connectivity index (χ0) is 21.7. The Hall–Kier alpha value is -3.68. The smallest absolute Gasteiger partial charge is 0.274 e. The SMILES string of the molecule is C/C=C/COc1ccc(C(=O)Nc2cccc(C3(C)CC(=O)N(C)C(N)=N3)c2)nc1. The normalized spacial score (nSPS) is 19.0. The Labute approximate surface area is 175 Å². The van der Waals surface area contributed by atoms with Gasteiger partial charge in [-0.25, -0.2) is 9.98 Å². The van der Waals surface area contributed by atoms with E-state index in [1.165, 1.54) is 11.1 Å². The van der Waals surface area contributed by atoms with Crippen molar-refractivity contribution in [2.75, 3.05) is 19.0 Å². The number of pyridine rings is 1. The number of anilines is 1. The highest BCUT2D eigenvalue weighted by atomic mass is 16.5. The van der Waals surface area contributed by atoms with Gasteiger partial charge >= 0.3 is 0 Å². The first-order valence-corrected chi connectivity index (χ1v) is 9.56. The molecular weight excluding hydrogens is 382 g/mol. The molecule has 2 heterocycles. The van der Waals surface area contributed by atoms with Crippen LogP contribution in [0.15, 0.2) is 59.7 Å². The molecule has 3 N–H and O–H groups in total. The summed E-state index contributed by atoms with van der Waals surface area (Å²) in [6, 6.07) is 10.5. The van der Waals surface area contributed by atoms with Gasteiger partial charge in [-0.3, -0.25) is 14.5 Å². The number of aromatic nitrogens is 1. The van der Waals surface area contributed by atoms with Crippen LogP contribution < -0.4 is 15.8 Å². The van der Waals surface area contributed by atoms with Crippen LogP contribution in [0.5, 0.6) is 5.75 Å². The number of aliphatic imine (C=N–C) groups is 1. The van der Waals surface area contributed by atoms with E-state index < -0.39 is 5.54 Å². The summed E-state index contributed by atoms with van der Waals surface area (Å²) < 4.78 is 5.48. The predicted molar refractivity (Wildman–Crippen MR) is 115 cm³/mol. The number of allylic oxidation sites excluding steroid dienone is 1. The summed E-state index contributed by atoms with van der Waals surface area (Å²) in [5.74, 6) is 0.297. The van der Waals surface area contributed by atoms with Crippen LogP contribution in [-0.2, 0) is 10.3 Å². The molecule has 8 nitrogen and oxygen atoms in total. The van der Waals surface area contributed by atoms with Crippen LogP contribution in [0, 0.1) is 0 Å². The Morgan fingerprint density at radius 2 is 2.17 bits per heavy atom. The molecule has 0 saturated carbocycles. The van der Waals surface area contributed by atoms with Crippen LogP contribution in [0.1, 0.15) is 36.3 Å². The Morgan fingerprint density at radius 1 is 1.37 bits per heavy atom. The summed E-state index contributed by atoms with van der Waals surface area (Å²) >= 11 is 0. The average Bonchev–Trinajstić information content (AvgIpc) is 2.73. The third kappa shape index (κ3) is 4.65. The van der Waals surface area contributed by atoms with Crippen LogP contribution >= 0.6 is 0 Å². The van der Waals surface area contributed by atoms with E-state index in [1.807, 2.05) is 32.1 Å². The van der Waals surface area contributed by atoms with Gasteiger partial charge in [-0.15, -0.1) is 0 Å². The number of carbonyl (C=O) groups is 2. The van der Waals surface area contributed by atoms with Crippen molar-refractivity contribution in [3.05, 3.63) is 66.0 Å². The van der Waals surface area contributed by atoms with Crippen LogP contribution in [0.3, 0.4) is 0 Å². The molecule has 0 fully saturated rings. The summed E-state index contributed by atoms with van der Waals surface area (Å²) in [7, 11) is 1.60. The molecule has 0 radical (unpaired) electrons. The van der Waals surface area contributed by atoms with Crippen molar-refractivity contribution in [1.82, 2.24) is 9.88 Å². The van der Waals surface area contributed by atoms with E-state index in [9.17, 15) is 9.59 Å². The molecule has 1 aromatic heterocycles. The number of hydrogen-bond acceptors (Lipinski definition) is 6. The fourth-order valence-corrected chi connectivity index (χ4v) is 3.04. The maximum Gasteiger partial charge on any atom is 0.274 e. The van der Waals surface area contributed by atoms with Crippen molar-refractivity contribution in [3.63, 3.8) is 0 Å². The third-order valence-electron chi connectivity index (χ3n) is 4.87. The first-order chi connectivity index (χ1) is 14.3. The number of guanidine groups is 1. The number of hydrogen-bond donors (Lipinski definition) is 2. The lowest BCUT2D eigenvalue weighted by atomic mass is 9.87. The van der Waals surface area contributed by atoms with E-state index in [0.717, 1.165) is 5.56 Å². The van der Waals surface area contributed by atoms with Gasteiger partial charge in [0.1, 0.15) is 18.1 Å². The minimum absolute atomic E-state index is 0.111. The van der Waals surface area contributed by atoms with Gasteiger partial charge in [0.25, 0.3) is 5.91 Å². The van der Waals surface area contributed by atoms with E-state index in [0.29, 0.717) is 18.0 Å². The van der Waals surface area contributed by atoms with Crippen molar-refractivity contribution in [1.29, 1.82) is 0 Å². The Morgan fingerprint density at radius 3 is 2.83 bits per heavy atom. The number of rotatable bonds is 6. The molecule has 0 aliphatic carbocycles. The van der Waals surface area contributed by atoms with E-state index in [2.05, 4.69) is 15.3 Å². The Balaban J connectivity index is 1.74. The number of amides is 2. The summed E-state index contributed by atoms with van der Waals surface area (Å²) in [6.07, 6.45) is 5.48. The van der Waals surface area contributed by atoms with Gasteiger partial charge in [0.05, 0.1) is 18.2 Å². The maximum absolute atomic E-state index is 12.6. The average molecular weight is 407 g/mol. The van der Waals surface area contributed by atoms with Crippen molar-refractivity contribution in [3.8, 4) is 5.75 Å². The Bertz CT molecular complexity index is 1000. The van der Waals surface area contributed by atoms with E-state index >= 15 is 0 Å². The first-order valence-electron chi connectivity index (χ1n) is 9.56. The topological polar surface area (TPSA) is 110 Å². The zero-order valence-electron chi connectivity index (χ0n) is 17.3. The molecule has 2 aromatic rings. The standard InChI is InChI=1S/C22H25N5O3/c1-4-5-11-30-17-9-10-18(24-14-17)20(29)25-16-8-6-7-15(12-16)22(2)13-19(28)27(3)21(23)26-22/h4-10,12,14H,11,13H2,1-3H3,(H2,23,26)(H,25,29)/b5-4+. The van der Waals surface area contributed by atoms with E-state index in [-0.39, 0.29) is 29.9 Å². The van der Waals surface area contributed by atoms with Gasteiger partial charge in [-0.05, 0) is 43.7 Å². The summed E-state index contributed by atoms with van der Waals surface area (Å²) in [5, 5.41) is 2.83. The van der Waals surface area contributed by atoms with Crippen LogP contribution in [0.2, 0.25) is 0 Å². The lowest BCUT2D eigenvalue weighted by Gasteiger charge is -2.33. The molecule has 30 heavy (non-hydrogen) atoms. The van der Waals surface area contributed by atoms with Gasteiger partial charge < -0.3 is 15.8 Å². The number of nitrogens with zero attached hydrogens (tertiary/aromatic N) is 3. The molecule has 2 amide bonds. The minimum atomic E-state index is -0.793. The maximum atomic E-state index is 12.6. The van der Waals surface area contributed by atoms with Crippen LogP contribution in [-0.4, -0.2) is 41.3 Å². The van der Waals surface area contributed by atoms with Crippen molar-refractivity contribution in [2.45, 2.75) is 25.8 Å². The summed E-state index contributed by atoms with van der Waals surface area (Å²) in [5.41, 5.74) is 6.72. The molecule has 8 heteroatoms. The summed E-state index contributed by atoms with van der Waals surface area (Å²) in [4.78, 5) is 34.8. The quantitative estimate of drug-likeness (QED) is 0.716. The summed E-state index contributed by atoms with van der Waals surface area (Å²) in [6.45, 7) is 4.20. The molecule has 1 atom stereocenters. The number of benzene rings is 1. The largest absolute Gasteiger partial charge is 0.488 e. The van der Waals surface area contributed by atoms with Gasteiger partial charge in [0, 0.05) is 12.7 Å². The molecule has 0 bridgehead atoms. The number of nitrogens with one attached hydrogen (secondary N) is 1. The minimum Gasteiger partial charge on any atom is -0.488 e. The molecule has 1 unspecified atom stereocenters. The highest BCUT2D eigenvalue weighted by Gasteiger charge is 2.36. The third-order valence-corrected chi connectivity index (χ3v) is 4.87. The van der Waals surface area contributed by atoms with Crippen LogP contribution in [0.25, 0.3) is 0 Å². The Kier molecular flexibility index (Phi) is 6.15. The lowest BCUT2D eigenvalue weighted by Crippen LogP contribution is -2.47. The molecular formula is C22H25N5O3. The van der Waals surface area contributed by atoms with Crippen molar-refractivity contribution in [2.24, 2.45) is 10.7 Å². The van der Waals surface area contributed by atoms with Crippen molar-refractivity contribution >= 4 is 23.5 Å². The van der Waals surface area contributed by atoms with Gasteiger partial charge in [0.15, 0.2) is 5.96 Å². The predicted octanol–water partition coefficient (Wildman–Crippen LogP) is 2.68. The van der Waals surface area contributed by atoms with Crippen LogP contribution in [0.4, 0.5) is 5.69 Å². The van der Waals surface area contributed by atoms with Crippen molar-refractivity contribution < 1.29 is 14.3 Å². The molecule has 1 aliphatic heterocycles. The monoisotopic (exact) mass is 407 g/mol. The fraction of sp³-hybridized carbons (Fsp3) is 0.273. The highest BCUT2D eigenvalue weighted by Crippen LogP contribution is 2.34. The molecule has 1 aliphatic rings. The van der Waals surface area contributed by atoms with Gasteiger partial charge in [-0.2, -0.15) is 0 Å². The van der Waals surface area contributed by atoms with E-state index in [4.69, 9.17) is 10.5 Å². The zero-order valence-corrected chi connectivity index (χ0v) is 17.3. The molecule has 0 spiro atoms. The fourth-order valence-electron chi connectivity index (χ4n) is 3.04. The lowest BCUT2D eigenvalue weighted by molar-refractivity contribution is -0.128.